The number of hydrogen-bond donors (Lipinski definition) is 1. The molecule has 0 fully saturated rings. The molecular formula is C13H28N2O. The molecule has 0 saturated heterocycles. The summed E-state index contributed by atoms with van der Waals surface area (Å²) in [5, 5.41) is 0. The Morgan fingerprint density at radius 1 is 1.19 bits per heavy atom. The molecule has 1 atom stereocenters. The Kier molecular flexibility index (Phi) is 7.39. The highest BCUT2D eigenvalue weighted by Crippen LogP contribution is 2.15. The van der Waals surface area contributed by atoms with Crippen molar-refractivity contribution < 1.29 is 4.79 Å². The molecule has 0 radical (unpaired) electrons. The van der Waals surface area contributed by atoms with Crippen LogP contribution < -0.4 is 5.73 Å². The second-order valence-corrected chi connectivity index (χ2v) is 5.60. The molecule has 0 aliphatic heterocycles. The Morgan fingerprint density at radius 2 is 1.75 bits per heavy atom. The van der Waals surface area contributed by atoms with Crippen molar-refractivity contribution in [3.05, 3.63) is 0 Å². The van der Waals surface area contributed by atoms with Crippen molar-refractivity contribution in [3.8, 4) is 0 Å². The van der Waals surface area contributed by atoms with Crippen LogP contribution in [0.2, 0.25) is 0 Å². The third-order valence-electron chi connectivity index (χ3n) is 2.67. The van der Waals surface area contributed by atoms with Gasteiger partial charge in [-0.15, -0.1) is 0 Å². The fourth-order valence-electron chi connectivity index (χ4n) is 1.98. The molecule has 0 aromatic carbocycles. The van der Waals surface area contributed by atoms with E-state index in [1.165, 1.54) is 0 Å². The average molecular weight is 228 g/mol. The third kappa shape index (κ3) is 6.83. The number of nitrogens with zero attached hydrogens (tertiary/aromatic N) is 1. The Labute approximate surface area is 100 Å². The zero-order chi connectivity index (χ0) is 12.7. The Morgan fingerprint density at radius 3 is 2.12 bits per heavy atom. The monoisotopic (exact) mass is 228 g/mol. The van der Waals surface area contributed by atoms with Gasteiger partial charge in [0.25, 0.3) is 0 Å². The van der Waals surface area contributed by atoms with Crippen molar-refractivity contribution in [2.24, 2.45) is 23.5 Å². The van der Waals surface area contributed by atoms with Crippen LogP contribution in [0.25, 0.3) is 0 Å². The second-order valence-electron chi connectivity index (χ2n) is 5.60. The summed E-state index contributed by atoms with van der Waals surface area (Å²) >= 11 is 0. The lowest BCUT2D eigenvalue weighted by molar-refractivity contribution is -0.131. The van der Waals surface area contributed by atoms with Crippen molar-refractivity contribution in [1.82, 2.24) is 4.90 Å². The van der Waals surface area contributed by atoms with Crippen LogP contribution in [0.1, 0.15) is 40.5 Å². The normalized spacial score (nSPS) is 13.2. The van der Waals surface area contributed by atoms with E-state index in [2.05, 4.69) is 27.7 Å². The van der Waals surface area contributed by atoms with Crippen molar-refractivity contribution in [2.75, 3.05) is 20.1 Å². The molecule has 2 N–H and O–H groups in total. The highest BCUT2D eigenvalue weighted by Gasteiger charge is 2.17. The maximum Gasteiger partial charge on any atom is 0.222 e. The minimum atomic E-state index is 0.227. The molecule has 0 aromatic rings. The highest BCUT2D eigenvalue weighted by atomic mass is 16.2. The van der Waals surface area contributed by atoms with Crippen LogP contribution in [-0.2, 0) is 4.79 Å². The number of carbonyl (C=O) groups excluding carboxylic acids is 1. The van der Waals surface area contributed by atoms with Crippen LogP contribution in [0.15, 0.2) is 0 Å². The van der Waals surface area contributed by atoms with Gasteiger partial charge in [-0.1, -0.05) is 27.7 Å². The predicted molar refractivity (Wildman–Crippen MR) is 69.1 cm³/mol. The van der Waals surface area contributed by atoms with Crippen molar-refractivity contribution in [3.63, 3.8) is 0 Å². The third-order valence-corrected chi connectivity index (χ3v) is 2.67. The fourth-order valence-corrected chi connectivity index (χ4v) is 1.98. The van der Waals surface area contributed by atoms with Gasteiger partial charge in [0, 0.05) is 20.0 Å². The summed E-state index contributed by atoms with van der Waals surface area (Å²) in [4.78, 5) is 13.7. The van der Waals surface area contributed by atoms with E-state index in [1.54, 1.807) is 0 Å². The lowest BCUT2D eigenvalue weighted by Crippen LogP contribution is -2.33. The van der Waals surface area contributed by atoms with Gasteiger partial charge in [0.05, 0.1) is 0 Å². The van der Waals surface area contributed by atoms with E-state index in [0.29, 0.717) is 30.7 Å². The minimum Gasteiger partial charge on any atom is -0.345 e. The average Bonchev–Trinajstić information content (AvgIpc) is 2.14. The van der Waals surface area contributed by atoms with E-state index >= 15 is 0 Å². The summed E-state index contributed by atoms with van der Waals surface area (Å²) < 4.78 is 0. The summed E-state index contributed by atoms with van der Waals surface area (Å²) in [7, 11) is 1.88. The zero-order valence-corrected chi connectivity index (χ0v) is 11.5. The van der Waals surface area contributed by atoms with Gasteiger partial charge in [-0.2, -0.15) is 0 Å². The largest absolute Gasteiger partial charge is 0.345 e. The van der Waals surface area contributed by atoms with E-state index in [4.69, 9.17) is 5.73 Å². The van der Waals surface area contributed by atoms with Gasteiger partial charge in [-0.05, 0) is 30.7 Å². The number of carbonyl (C=O) groups is 1. The smallest absolute Gasteiger partial charge is 0.222 e. The van der Waals surface area contributed by atoms with Crippen LogP contribution >= 0.6 is 0 Å². The Balaban J connectivity index is 4.08. The van der Waals surface area contributed by atoms with Crippen molar-refractivity contribution >= 4 is 5.91 Å². The quantitative estimate of drug-likeness (QED) is 0.725. The molecule has 0 aliphatic rings. The van der Waals surface area contributed by atoms with E-state index in [9.17, 15) is 4.79 Å². The second kappa shape index (κ2) is 7.66. The molecule has 0 aromatic heterocycles. The van der Waals surface area contributed by atoms with Crippen LogP contribution in [0, 0.1) is 17.8 Å². The van der Waals surface area contributed by atoms with E-state index in [-0.39, 0.29) is 5.91 Å². The first kappa shape index (κ1) is 15.4. The minimum absolute atomic E-state index is 0.227. The molecule has 0 saturated carbocycles. The van der Waals surface area contributed by atoms with Gasteiger partial charge in [-0.25, -0.2) is 0 Å². The molecule has 3 nitrogen and oxygen atoms in total. The lowest BCUT2D eigenvalue weighted by atomic mass is 9.94. The fraction of sp³-hybridized carbons (Fsp3) is 0.923. The molecule has 96 valence electrons. The first-order valence-electron chi connectivity index (χ1n) is 6.30. The van der Waals surface area contributed by atoms with Crippen LogP contribution in [0.3, 0.4) is 0 Å². The predicted octanol–water partition coefficient (Wildman–Crippen LogP) is 2.11. The number of hydrogen-bond acceptors (Lipinski definition) is 2. The van der Waals surface area contributed by atoms with E-state index in [0.717, 1.165) is 13.0 Å². The van der Waals surface area contributed by atoms with Crippen LogP contribution in [0.4, 0.5) is 0 Å². The molecule has 16 heavy (non-hydrogen) atoms. The molecule has 0 unspecified atom stereocenters. The molecule has 0 heterocycles. The summed E-state index contributed by atoms with van der Waals surface area (Å²) in [6, 6.07) is 0. The summed E-state index contributed by atoms with van der Waals surface area (Å²) in [5.74, 6) is 1.69. The lowest BCUT2D eigenvalue weighted by Gasteiger charge is -2.23. The van der Waals surface area contributed by atoms with Gasteiger partial charge in [0.2, 0.25) is 5.91 Å². The summed E-state index contributed by atoms with van der Waals surface area (Å²) in [6.07, 6.45) is 1.63. The first-order chi connectivity index (χ1) is 7.36. The van der Waals surface area contributed by atoms with Crippen LogP contribution in [-0.4, -0.2) is 30.9 Å². The van der Waals surface area contributed by atoms with E-state index in [1.807, 2.05) is 11.9 Å². The summed E-state index contributed by atoms with van der Waals surface area (Å²) in [6.45, 7) is 10.0. The Bertz CT molecular complexity index is 202. The van der Waals surface area contributed by atoms with Gasteiger partial charge >= 0.3 is 0 Å². The molecule has 0 spiro atoms. The zero-order valence-electron chi connectivity index (χ0n) is 11.5. The number of rotatable bonds is 7. The summed E-state index contributed by atoms with van der Waals surface area (Å²) in [5.41, 5.74) is 5.70. The maximum absolute atomic E-state index is 11.9. The SMILES string of the molecule is CC(C)C[C@H](CN)CC(=O)N(C)CC(C)C. The van der Waals surface area contributed by atoms with Gasteiger partial charge in [0.1, 0.15) is 0 Å². The van der Waals surface area contributed by atoms with Crippen molar-refractivity contribution in [1.29, 1.82) is 0 Å². The molecule has 0 bridgehead atoms. The standard InChI is InChI=1S/C13H28N2O/c1-10(2)6-12(8-14)7-13(16)15(5)9-11(3)4/h10-12H,6-9,14H2,1-5H3/t12-/m0/s1. The molecule has 0 rings (SSSR count). The maximum atomic E-state index is 11.9. The number of amides is 1. The van der Waals surface area contributed by atoms with Crippen LogP contribution in [0.5, 0.6) is 0 Å². The highest BCUT2D eigenvalue weighted by molar-refractivity contribution is 5.76. The van der Waals surface area contributed by atoms with Gasteiger partial charge < -0.3 is 10.6 Å². The van der Waals surface area contributed by atoms with Crippen molar-refractivity contribution in [2.45, 2.75) is 40.5 Å². The first-order valence-corrected chi connectivity index (χ1v) is 6.30. The molecule has 1 amide bonds. The molecule has 0 aliphatic carbocycles. The molecule has 3 heteroatoms. The van der Waals surface area contributed by atoms with Gasteiger partial charge in [-0.3, -0.25) is 4.79 Å². The molecular weight excluding hydrogens is 200 g/mol. The number of nitrogens with two attached hydrogens (primary N) is 1. The topological polar surface area (TPSA) is 46.3 Å². The van der Waals surface area contributed by atoms with E-state index < -0.39 is 0 Å². The van der Waals surface area contributed by atoms with Gasteiger partial charge in [0.15, 0.2) is 0 Å². The Hall–Kier alpha value is -0.570.